The molecule has 2 heterocycles. The molecule has 1 saturated heterocycles. The number of carbonyl (C=O) groups is 4. The second-order valence-corrected chi connectivity index (χ2v) is 12.9. The summed E-state index contributed by atoms with van der Waals surface area (Å²) >= 11 is 0. The van der Waals surface area contributed by atoms with Gasteiger partial charge in [-0.2, -0.15) is 0 Å². The van der Waals surface area contributed by atoms with Crippen LogP contribution in [0.5, 0.6) is 17.2 Å². The van der Waals surface area contributed by atoms with Crippen LogP contribution in [0.4, 0.5) is 0 Å². The Morgan fingerprint density at radius 2 is 1.62 bits per heavy atom. The van der Waals surface area contributed by atoms with E-state index in [4.69, 9.17) is 34.6 Å². The molecular weight excluding hydrogens is 661 g/mol. The van der Waals surface area contributed by atoms with E-state index in [1.165, 1.54) is 11.1 Å². The molecule has 14 heteroatoms. The zero-order valence-electron chi connectivity index (χ0n) is 28.6. The first-order valence-electron chi connectivity index (χ1n) is 15.9. The Hall–Kier alpha value is -3.72. The number of aliphatic carboxylic acids is 3. The maximum absolute atomic E-state index is 12.6. The van der Waals surface area contributed by atoms with Gasteiger partial charge in [0.05, 0.1) is 14.2 Å². The maximum atomic E-state index is 12.6. The van der Waals surface area contributed by atoms with E-state index in [1.54, 1.807) is 21.1 Å². The number of carbonyl (C=O) groups excluding carboxylic acids is 2. The van der Waals surface area contributed by atoms with Crippen molar-refractivity contribution in [3.05, 3.63) is 65.2 Å². The van der Waals surface area contributed by atoms with E-state index in [-0.39, 0.29) is 46.9 Å². The molecule has 7 rings (SSSR count). The Bertz CT molecular complexity index is 1760. The molecule has 1 saturated carbocycles. The number of aliphatic hydroxyl groups is 2. The van der Waals surface area contributed by atoms with Crippen molar-refractivity contribution < 1.29 is 88.5 Å². The average molecular weight is 702 g/mol. The number of hydrogen-bond donors (Lipinski definition) is 4. The quantitative estimate of drug-likeness (QED) is 0.208. The summed E-state index contributed by atoms with van der Waals surface area (Å²) in [4.78, 5) is 45.5. The average Bonchev–Trinajstić information content (AvgIpc) is 3.45. The number of Topliss-reactive ketones (excluding diaryl/α,β-unsaturated/α-hetero) is 1. The molecule has 262 valence electrons. The minimum Gasteiger partial charge on any atom is -0.550 e. The molecule has 2 aliphatic heterocycles. The van der Waals surface area contributed by atoms with E-state index in [0.29, 0.717) is 18.4 Å². The van der Waals surface area contributed by atoms with Crippen LogP contribution < -0.4 is 48.9 Å². The number of ether oxygens (including phenoxy) is 3. The molecule has 0 aromatic heterocycles. The SMILES string of the molecule is COc1ccc2c3c1O[C@H]1C(=O)CC[C@H]4[C@@H](C2)N(C)CC[C@]314.COc1ccc2cc([C@H](C)C(=O)[O-])ccc2c1.O=C(O)[C@H](O)[C@@H](O)C(=O)O.[Na+]. The van der Waals surface area contributed by atoms with E-state index >= 15 is 0 Å². The first-order chi connectivity index (χ1) is 23.2. The van der Waals surface area contributed by atoms with E-state index < -0.39 is 36.0 Å². The first kappa shape index (κ1) is 39.1. The summed E-state index contributed by atoms with van der Waals surface area (Å²) in [5.41, 5.74) is 3.33. The third-order valence-electron chi connectivity index (χ3n) is 10.3. The van der Waals surface area contributed by atoms with Crippen molar-refractivity contribution in [2.45, 2.75) is 68.3 Å². The normalized spacial score (nSPS) is 24.3. The molecule has 7 atom stereocenters. The zero-order valence-corrected chi connectivity index (χ0v) is 30.6. The molecule has 2 aliphatic carbocycles. The summed E-state index contributed by atoms with van der Waals surface area (Å²) in [5.74, 6) is -1.94. The number of benzene rings is 3. The zero-order chi connectivity index (χ0) is 35.8. The van der Waals surface area contributed by atoms with Crippen LogP contribution in [0.3, 0.4) is 0 Å². The Labute approximate surface area is 311 Å². The summed E-state index contributed by atoms with van der Waals surface area (Å²) in [6.07, 6.45) is -1.06. The Balaban J connectivity index is 0.000000180. The van der Waals surface area contributed by atoms with Crippen LogP contribution in [-0.2, 0) is 31.0 Å². The minimum atomic E-state index is -2.27. The van der Waals surface area contributed by atoms with Crippen LogP contribution in [0.15, 0.2) is 48.5 Å². The predicted molar refractivity (Wildman–Crippen MR) is 173 cm³/mol. The van der Waals surface area contributed by atoms with E-state index in [0.717, 1.165) is 59.4 Å². The summed E-state index contributed by atoms with van der Waals surface area (Å²) in [6, 6.07) is 16.0. The van der Waals surface area contributed by atoms with Crippen molar-refractivity contribution in [3.63, 3.8) is 0 Å². The number of likely N-dealkylation sites (N-methyl/N-ethyl adjacent to an activating group) is 1. The van der Waals surface area contributed by atoms with Gasteiger partial charge in [0, 0.05) is 35.3 Å². The van der Waals surface area contributed by atoms with Gasteiger partial charge in [-0.05, 0) is 78.9 Å². The molecule has 0 radical (unpaired) electrons. The van der Waals surface area contributed by atoms with Gasteiger partial charge in [0.25, 0.3) is 0 Å². The van der Waals surface area contributed by atoms with Crippen molar-refractivity contribution in [3.8, 4) is 17.2 Å². The molecule has 0 unspecified atom stereocenters. The number of carboxylic acid groups (broad SMARTS) is 3. The van der Waals surface area contributed by atoms with Crippen molar-refractivity contribution in [1.82, 2.24) is 4.90 Å². The van der Waals surface area contributed by atoms with Crippen LogP contribution >= 0.6 is 0 Å². The topological polar surface area (TPSA) is 203 Å². The van der Waals surface area contributed by atoms with Crippen molar-refractivity contribution in [2.75, 3.05) is 27.8 Å². The largest absolute Gasteiger partial charge is 1.00 e. The molecule has 13 nitrogen and oxygen atoms in total. The van der Waals surface area contributed by atoms with E-state index in [1.807, 2.05) is 42.5 Å². The Morgan fingerprint density at radius 1 is 0.980 bits per heavy atom. The van der Waals surface area contributed by atoms with E-state index in [2.05, 4.69) is 18.0 Å². The Kier molecular flexibility index (Phi) is 12.2. The van der Waals surface area contributed by atoms with Crippen molar-refractivity contribution >= 4 is 34.5 Å². The van der Waals surface area contributed by atoms with Gasteiger partial charge in [-0.1, -0.05) is 37.3 Å². The van der Waals surface area contributed by atoms with Crippen LogP contribution in [0.2, 0.25) is 0 Å². The number of fused-ring (bicyclic) bond motifs is 1. The Morgan fingerprint density at radius 3 is 2.22 bits per heavy atom. The summed E-state index contributed by atoms with van der Waals surface area (Å²) in [5, 5.41) is 45.4. The summed E-state index contributed by atoms with van der Waals surface area (Å²) in [7, 11) is 5.53. The number of nitrogens with zero attached hydrogens (tertiary/aromatic N) is 1. The molecule has 3 aromatic rings. The van der Waals surface area contributed by atoms with Crippen LogP contribution in [-0.4, -0.2) is 101 Å². The fraction of sp³-hybridized carbons (Fsp3) is 0.444. The maximum Gasteiger partial charge on any atom is 1.00 e. The number of piperidine rings is 1. The predicted octanol–water partition coefficient (Wildman–Crippen LogP) is -1.48. The fourth-order valence-electron chi connectivity index (χ4n) is 7.72. The number of methoxy groups -OCH3 is 2. The van der Waals surface area contributed by atoms with Gasteiger partial charge >= 0.3 is 41.5 Å². The van der Waals surface area contributed by atoms with Crippen LogP contribution in [0.1, 0.15) is 48.8 Å². The second kappa shape index (κ2) is 15.7. The summed E-state index contributed by atoms with van der Waals surface area (Å²) in [6.45, 7) is 2.67. The number of hydrogen-bond acceptors (Lipinski definition) is 11. The number of likely N-dealkylation sites (tertiary alicyclic amines) is 1. The van der Waals surface area contributed by atoms with E-state index in [9.17, 15) is 24.3 Å². The van der Waals surface area contributed by atoms with Gasteiger partial charge in [0.2, 0.25) is 0 Å². The van der Waals surface area contributed by atoms with Crippen LogP contribution in [0, 0.1) is 5.92 Å². The molecule has 3 aromatic carbocycles. The van der Waals surface area contributed by atoms with Crippen molar-refractivity contribution in [2.24, 2.45) is 5.92 Å². The van der Waals surface area contributed by atoms with Gasteiger partial charge in [0.1, 0.15) is 5.75 Å². The minimum absolute atomic E-state index is 0. The third-order valence-corrected chi connectivity index (χ3v) is 10.3. The van der Waals surface area contributed by atoms with Gasteiger partial charge in [-0.15, -0.1) is 0 Å². The molecule has 0 amide bonds. The molecule has 2 bridgehead atoms. The smallest absolute Gasteiger partial charge is 0.550 e. The van der Waals surface area contributed by atoms with Gasteiger partial charge < -0.3 is 49.4 Å². The first-order valence-corrected chi connectivity index (χ1v) is 15.9. The monoisotopic (exact) mass is 701 g/mol. The molecule has 1 spiro atoms. The van der Waals surface area contributed by atoms with Gasteiger partial charge in [0.15, 0.2) is 35.6 Å². The summed E-state index contributed by atoms with van der Waals surface area (Å²) < 4.78 is 16.9. The molecule has 4 aliphatic rings. The molecule has 50 heavy (non-hydrogen) atoms. The number of carboxylic acids is 3. The standard InChI is InChI=1S/C18H21NO3.C14H14O3.C4H6O6.Na/c1-19-8-7-18-11-4-5-13(20)17(18)22-16-14(21-2)6-3-10(15(16)18)9-12(11)19;1-9(14(15)16)10-3-4-12-8-13(17-2)6-5-11(12)7-10;5-1(3(7)8)2(6)4(9)10;/h3,6,11-12,17H,4-5,7-9H2,1-2H3;3-9H,1-2H3,(H,15,16);1-2,5-6H,(H,7,8)(H,9,10);/q;;;+1/p-1/t11-,12+,17-,18-;9-;1-,2-;/m001./s1. The number of rotatable bonds is 7. The second-order valence-electron chi connectivity index (χ2n) is 12.9. The number of aliphatic hydroxyl groups excluding tert-OH is 2. The van der Waals surface area contributed by atoms with Crippen LogP contribution in [0.25, 0.3) is 10.8 Å². The molecule has 2 fully saturated rings. The molecule has 4 N–H and O–H groups in total. The van der Waals surface area contributed by atoms with Gasteiger partial charge in [-0.3, -0.25) is 4.79 Å². The third kappa shape index (κ3) is 7.07. The van der Waals surface area contributed by atoms with Crippen molar-refractivity contribution in [1.29, 1.82) is 0 Å². The van der Waals surface area contributed by atoms with Gasteiger partial charge in [-0.25, -0.2) is 9.59 Å². The number of ketones is 1. The molecular formula is C36H40NNaO12. The fourth-order valence-corrected chi connectivity index (χ4v) is 7.72.